The zero-order valence-corrected chi connectivity index (χ0v) is 29.7. The van der Waals surface area contributed by atoms with Crippen LogP contribution in [0.15, 0.2) is 107 Å². The molecule has 0 aliphatic rings. The Morgan fingerprint density at radius 3 is 1.69 bits per heavy atom. The minimum Gasteiger partial charge on any atom is -0.505 e. The van der Waals surface area contributed by atoms with E-state index in [9.17, 15) is 65.4 Å². The summed E-state index contributed by atoms with van der Waals surface area (Å²) in [5, 5.41) is 76.2. The number of nitrogens with zero attached hydrogens (tertiary/aromatic N) is 8. The van der Waals surface area contributed by atoms with Gasteiger partial charge in [0.1, 0.15) is 33.4 Å². The van der Waals surface area contributed by atoms with Crippen molar-refractivity contribution in [2.75, 3.05) is 12.4 Å². The van der Waals surface area contributed by atoms with E-state index in [-0.39, 0.29) is 34.1 Å². The summed E-state index contributed by atoms with van der Waals surface area (Å²) in [5.74, 6) is -3.74. The van der Waals surface area contributed by atoms with Crippen molar-refractivity contribution >= 4 is 75.9 Å². The van der Waals surface area contributed by atoms with Gasteiger partial charge < -0.3 is 15.3 Å². The van der Waals surface area contributed by atoms with E-state index in [1.807, 2.05) is 0 Å². The molecule has 0 aromatic heterocycles. The zero-order valence-electron chi connectivity index (χ0n) is 26.1. The van der Waals surface area contributed by atoms with Gasteiger partial charge in [-0.25, -0.2) is 12.6 Å². The molecule has 24 nitrogen and oxygen atoms in total. The number of aromatic hydroxyl groups is 3. The number of nitro benzene ring substituents is 2. The largest absolute Gasteiger partial charge is 0.505 e. The minimum absolute atomic E-state index is 0. The molecular formula is C26H20FeN8O16S3. The summed E-state index contributed by atoms with van der Waals surface area (Å²) < 4.78 is 93.5. The number of nitro groups is 2. The molecule has 0 bridgehead atoms. The first-order chi connectivity index (χ1) is 24.7. The molecule has 0 amide bonds. The van der Waals surface area contributed by atoms with Crippen LogP contribution in [0.25, 0.3) is 0 Å². The summed E-state index contributed by atoms with van der Waals surface area (Å²) in [5.41, 5.74) is -3.86. The zero-order chi connectivity index (χ0) is 39.3. The molecule has 0 heterocycles. The van der Waals surface area contributed by atoms with Gasteiger partial charge in [0.25, 0.3) is 21.5 Å². The molecule has 4 aromatic carbocycles. The number of phenolic OH excluding ortho intramolecular Hbond substituents is 3. The third-order valence-electron chi connectivity index (χ3n) is 6.39. The number of benzene rings is 4. The van der Waals surface area contributed by atoms with Crippen LogP contribution in [0.3, 0.4) is 0 Å². The van der Waals surface area contributed by atoms with Crippen LogP contribution in [-0.4, -0.2) is 71.9 Å². The summed E-state index contributed by atoms with van der Waals surface area (Å²) in [6.07, 6.45) is 0. The van der Waals surface area contributed by atoms with Crippen molar-refractivity contribution in [2.24, 2.45) is 30.7 Å². The van der Waals surface area contributed by atoms with Crippen LogP contribution in [-0.2, 0) is 51.6 Å². The molecule has 4 rings (SSSR count). The monoisotopic (exact) mass is 852 g/mol. The van der Waals surface area contributed by atoms with Crippen LogP contribution in [0.4, 0.5) is 45.5 Å². The smallest absolute Gasteiger partial charge is 0.397 e. The van der Waals surface area contributed by atoms with Gasteiger partial charge in [0, 0.05) is 41.3 Å². The topological polar surface area (TPSA) is 373 Å². The van der Waals surface area contributed by atoms with Crippen molar-refractivity contribution in [2.45, 2.75) is 9.79 Å². The molecule has 0 radical (unpaired) electrons. The number of hydrogen-bond acceptors (Lipinski definition) is 20. The second kappa shape index (κ2) is 16.9. The van der Waals surface area contributed by atoms with Crippen molar-refractivity contribution in [3.05, 3.63) is 87.0 Å². The van der Waals surface area contributed by atoms with Gasteiger partial charge in [-0.3, -0.25) is 29.3 Å². The Bertz CT molecular complexity index is 2550. The fourth-order valence-electron chi connectivity index (χ4n) is 3.89. The Balaban J connectivity index is 0.00000784. The van der Waals surface area contributed by atoms with Gasteiger partial charge in [-0.05, 0) is 36.4 Å². The van der Waals surface area contributed by atoms with Crippen LogP contribution in [0.2, 0.25) is 0 Å². The van der Waals surface area contributed by atoms with Gasteiger partial charge in [0.05, 0.1) is 38.9 Å². The number of hydrogen-bond donors (Lipinski definition) is 5. The maximum atomic E-state index is 12.6. The van der Waals surface area contributed by atoms with E-state index in [1.165, 1.54) is 12.1 Å². The Morgan fingerprint density at radius 2 is 1.15 bits per heavy atom. The van der Waals surface area contributed by atoms with Crippen molar-refractivity contribution in [3.8, 4) is 17.2 Å². The van der Waals surface area contributed by atoms with E-state index in [4.69, 9.17) is 4.55 Å². The fraction of sp³-hybridized carbons (Fsp3) is 0.0769. The minimum atomic E-state index is -5.26. The molecule has 0 saturated heterocycles. The molecule has 4 aromatic rings. The second-order valence-corrected chi connectivity index (χ2v) is 14.5. The van der Waals surface area contributed by atoms with Gasteiger partial charge in [-0.1, -0.05) is 0 Å². The third-order valence-corrected chi connectivity index (χ3v) is 9.41. The van der Waals surface area contributed by atoms with Crippen LogP contribution in [0.1, 0.15) is 0 Å². The van der Waals surface area contributed by atoms with Crippen molar-refractivity contribution < 1.29 is 80.8 Å². The molecule has 0 unspecified atom stereocenters. The quantitative estimate of drug-likeness (QED) is 0.0333. The standard InChI is InChI=1S/C26H20N8O16S3.Fe/c35-22-11-16(34(40)41)5-7-18(22)28-32-24-25(36)20(30-27-14-1-3-15(4-2-14)33(38)39)13-21(26(24)37)31-29-19-8-6-17(12-23(19)52(44,45)46)51(42,43)10-9-50-53(47,48)49;/h1-8,11-13,35-37H,9-10H2,(H,44,45,46)(H,47,48,49);. The molecule has 5 N–H and O–H groups in total. The summed E-state index contributed by atoms with van der Waals surface area (Å²) in [6, 6.07) is 10.1. The van der Waals surface area contributed by atoms with E-state index in [1.54, 1.807) is 0 Å². The molecule has 0 fully saturated rings. The molecule has 0 saturated carbocycles. The van der Waals surface area contributed by atoms with E-state index < -0.39 is 108 Å². The molecular weight excluding hydrogens is 832 g/mol. The number of azo groups is 3. The maximum absolute atomic E-state index is 12.6. The molecule has 286 valence electrons. The molecule has 0 aliphatic carbocycles. The van der Waals surface area contributed by atoms with Crippen molar-refractivity contribution in [1.29, 1.82) is 0 Å². The number of sulfone groups is 1. The average Bonchev–Trinajstić information content (AvgIpc) is 3.06. The number of rotatable bonds is 14. The van der Waals surface area contributed by atoms with Gasteiger partial charge in [-0.2, -0.15) is 21.9 Å². The first-order valence-electron chi connectivity index (χ1n) is 13.7. The van der Waals surface area contributed by atoms with E-state index >= 15 is 0 Å². The van der Waals surface area contributed by atoms with E-state index in [2.05, 4.69) is 34.9 Å². The van der Waals surface area contributed by atoms with Crippen LogP contribution >= 0.6 is 0 Å². The third kappa shape index (κ3) is 10.8. The predicted octanol–water partition coefficient (Wildman–Crippen LogP) is 5.70. The SMILES string of the molecule is O=[N+]([O-])c1ccc(N=Nc2cc(N=Nc3ccc(S(=O)(=O)CCOS(=O)(=O)O)cc3S(=O)(=O)O)c(O)c(N=Nc3ccc([N+](=O)[O-])cc3O)c2O)cc1.[Fe]. The van der Waals surface area contributed by atoms with Crippen LogP contribution in [0.5, 0.6) is 17.2 Å². The van der Waals surface area contributed by atoms with Gasteiger partial charge in [-0.15, -0.1) is 25.6 Å². The molecule has 54 heavy (non-hydrogen) atoms. The van der Waals surface area contributed by atoms with Crippen LogP contribution in [0, 0.1) is 20.2 Å². The maximum Gasteiger partial charge on any atom is 0.397 e. The Hall–Kier alpha value is -5.87. The molecule has 0 atom stereocenters. The Kier molecular flexibility index (Phi) is 13.3. The van der Waals surface area contributed by atoms with Gasteiger partial charge in [0.2, 0.25) is 0 Å². The Labute approximate surface area is 312 Å². The first-order valence-corrected chi connectivity index (χ1v) is 18.1. The van der Waals surface area contributed by atoms with Crippen LogP contribution < -0.4 is 0 Å². The summed E-state index contributed by atoms with van der Waals surface area (Å²) >= 11 is 0. The Morgan fingerprint density at radius 1 is 0.630 bits per heavy atom. The number of non-ortho nitro benzene ring substituents is 2. The van der Waals surface area contributed by atoms with Gasteiger partial charge >= 0.3 is 10.4 Å². The van der Waals surface area contributed by atoms with Crippen molar-refractivity contribution in [3.63, 3.8) is 0 Å². The number of phenols is 3. The molecule has 0 spiro atoms. The fourth-order valence-corrected chi connectivity index (χ4v) is 6.12. The normalized spacial score (nSPS) is 12.3. The molecule has 28 heteroatoms. The average molecular weight is 853 g/mol. The summed E-state index contributed by atoms with van der Waals surface area (Å²) in [4.78, 5) is 18.6. The molecule has 0 aliphatic heterocycles. The van der Waals surface area contributed by atoms with Crippen molar-refractivity contribution in [1.82, 2.24) is 0 Å². The van der Waals surface area contributed by atoms with E-state index in [0.29, 0.717) is 6.07 Å². The van der Waals surface area contributed by atoms with Gasteiger partial charge in [0.15, 0.2) is 27.0 Å². The summed E-state index contributed by atoms with van der Waals surface area (Å²) in [7, 11) is -14.8. The summed E-state index contributed by atoms with van der Waals surface area (Å²) in [6.45, 7) is -1.06. The second-order valence-electron chi connectivity index (χ2n) is 9.94. The predicted molar refractivity (Wildman–Crippen MR) is 176 cm³/mol. The first kappa shape index (κ1) is 42.5. The van der Waals surface area contributed by atoms with E-state index in [0.717, 1.165) is 48.5 Å².